The van der Waals surface area contributed by atoms with E-state index in [1.807, 2.05) is 24.3 Å². The van der Waals surface area contributed by atoms with Crippen LogP contribution in [0.15, 0.2) is 48.5 Å². The van der Waals surface area contributed by atoms with Crippen molar-refractivity contribution in [3.63, 3.8) is 0 Å². The van der Waals surface area contributed by atoms with Crippen molar-refractivity contribution in [1.29, 1.82) is 0 Å². The van der Waals surface area contributed by atoms with Crippen LogP contribution in [-0.4, -0.2) is 36.2 Å². The molecule has 1 saturated heterocycles. The summed E-state index contributed by atoms with van der Waals surface area (Å²) < 4.78 is 5.60. The van der Waals surface area contributed by atoms with Crippen LogP contribution in [0.2, 0.25) is 0 Å². The van der Waals surface area contributed by atoms with Gasteiger partial charge in [-0.25, -0.2) is 4.79 Å². The minimum absolute atomic E-state index is 0.00111. The van der Waals surface area contributed by atoms with Crippen molar-refractivity contribution >= 4 is 12.1 Å². The van der Waals surface area contributed by atoms with Gasteiger partial charge in [-0.15, -0.1) is 0 Å². The van der Waals surface area contributed by atoms with Gasteiger partial charge in [0.15, 0.2) is 0 Å². The Morgan fingerprint density at radius 2 is 1.65 bits per heavy atom. The predicted molar refractivity (Wildman–Crippen MR) is 94.4 cm³/mol. The van der Waals surface area contributed by atoms with E-state index in [0.717, 1.165) is 11.1 Å². The van der Waals surface area contributed by atoms with Gasteiger partial charge in [-0.2, -0.15) is 0 Å². The molecule has 1 aliphatic carbocycles. The maximum atomic E-state index is 12.5. The molecule has 2 aromatic carbocycles. The SMILES string of the molecule is CC1C(C(=O)[O-])CCN1C(=O)OCC1c2ccccc2-c2ccccc21. The Hall–Kier alpha value is -2.82. The number of hydrogen-bond acceptors (Lipinski definition) is 4. The molecule has 2 unspecified atom stereocenters. The molecule has 0 saturated carbocycles. The molecular formula is C21H20NO4-. The Kier molecular flexibility index (Phi) is 4.15. The first-order chi connectivity index (χ1) is 12.6. The Labute approximate surface area is 152 Å². The lowest BCUT2D eigenvalue weighted by molar-refractivity contribution is -0.311. The monoisotopic (exact) mass is 350 g/mol. The number of aliphatic carboxylic acids is 1. The van der Waals surface area contributed by atoms with Crippen molar-refractivity contribution in [2.45, 2.75) is 25.3 Å². The number of carboxylic acids is 1. The van der Waals surface area contributed by atoms with Crippen LogP contribution in [0.1, 0.15) is 30.4 Å². The highest BCUT2D eigenvalue weighted by molar-refractivity contribution is 5.79. The van der Waals surface area contributed by atoms with E-state index in [2.05, 4.69) is 24.3 Å². The fourth-order valence-electron chi connectivity index (χ4n) is 4.19. The van der Waals surface area contributed by atoms with Gasteiger partial charge < -0.3 is 19.5 Å². The molecule has 0 bridgehead atoms. The summed E-state index contributed by atoms with van der Waals surface area (Å²) in [5.74, 6) is -1.73. The number of carbonyl (C=O) groups excluding carboxylic acids is 2. The van der Waals surface area contributed by atoms with Crippen LogP contribution in [0.5, 0.6) is 0 Å². The van der Waals surface area contributed by atoms with Crippen molar-refractivity contribution in [3.05, 3.63) is 59.7 Å². The molecule has 1 aliphatic heterocycles. The molecule has 5 heteroatoms. The maximum Gasteiger partial charge on any atom is 0.410 e. The minimum Gasteiger partial charge on any atom is -0.550 e. The van der Waals surface area contributed by atoms with Gasteiger partial charge in [-0.3, -0.25) is 0 Å². The first-order valence-electron chi connectivity index (χ1n) is 8.90. The molecule has 5 nitrogen and oxygen atoms in total. The molecule has 1 fully saturated rings. The van der Waals surface area contributed by atoms with Crippen LogP contribution < -0.4 is 5.11 Å². The second-order valence-electron chi connectivity index (χ2n) is 6.95. The van der Waals surface area contributed by atoms with E-state index in [1.54, 1.807) is 6.92 Å². The number of rotatable bonds is 3. The van der Waals surface area contributed by atoms with Crippen molar-refractivity contribution in [3.8, 4) is 11.1 Å². The Balaban J connectivity index is 1.50. The zero-order chi connectivity index (χ0) is 18.3. The van der Waals surface area contributed by atoms with Gasteiger partial charge in [-0.1, -0.05) is 48.5 Å². The van der Waals surface area contributed by atoms with E-state index < -0.39 is 24.0 Å². The third-order valence-corrected chi connectivity index (χ3v) is 5.63. The molecule has 0 N–H and O–H groups in total. The van der Waals surface area contributed by atoms with Gasteiger partial charge in [0.2, 0.25) is 0 Å². The predicted octanol–water partition coefficient (Wildman–Crippen LogP) is 2.40. The summed E-state index contributed by atoms with van der Waals surface area (Å²) in [6.45, 7) is 2.36. The molecule has 134 valence electrons. The number of hydrogen-bond donors (Lipinski definition) is 0. The Morgan fingerprint density at radius 1 is 1.08 bits per heavy atom. The molecule has 2 aromatic rings. The van der Waals surface area contributed by atoms with E-state index in [1.165, 1.54) is 16.0 Å². The largest absolute Gasteiger partial charge is 0.550 e. The molecule has 1 heterocycles. The highest BCUT2D eigenvalue weighted by Gasteiger charge is 2.36. The van der Waals surface area contributed by atoms with Gasteiger partial charge in [0.25, 0.3) is 0 Å². The first kappa shape index (κ1) is 16.6. The summed E-state index contributed by atoms with van der Waals surface area (Å²) in [6.07, 6.45) is -0.0450. The van der Waals surface area contributed by atoms with Crippen LogP contribution in [-0.2, 0) is 9.53 Å². The van der Waals surface area contributed by atoms with Gasteiger partial charge in [-0.05, 0) is 35.6 Å². The number of amides is 1. The highest BCUT2D eigenvalue weighted by Crippen LogP contribution is 2.44. The first-order valence-corrected chi connectivity index (χ1v) is 8.90. The van der Waals surface area contributed by atoms with E-state index in [9.17, 15) is 14.7 Å². The summed E-state index contributed by atoms with van der Waals surface area (Å²) in [6, 6.07) is 15.9. The maximum absolute atomic E-state index is 12.5. The molecule has 26 heavy (non-hydrogen) atoms. The normalized spacial score (nSPS) is 21.3. The quantitative estimate of drug-likeness (QED) is 0.852. The van der Waals surface area contributed by atoms with Crippen molar-refractivity contribution < 1.29 is 19.4 Å². The number of carbonyl (C=O) groups is 2. The molecule has 4 rings (SSSR count). The number of fused-ring (bicyclic) bond motifs is 3. The molecule has 0 aromatic heterocycles. The molecule has 1 amide bonds. The zero-order valence-corrected chi connectivity index (χ0v) is 14.6. The highest BCUT2D eigenvalue weighted by atomic mass is 16.6. The lowest BCUT2D eigenvalue weighted by atomic mass is 9.98. The van der Waals surface area contributed by atoms with Crippen LogP contribution in [0.4, 0.5) is 4.79 Å². The van der Waals surface area contributed by atoms with E-state index >= 15 is 0 Å². The number of nitrogens with zero attached hydrogens (tertiary/aromatic N) is 1. The van der Waals surface area contributed by atoms with Crippen molar-refractivity contribution in [1.82, 2.24) is 4.90 Å². The Bertz CT molecular complexity index is 817. The van der Waals surface area contributed by atoms with E-state index in [4.69, 9.17) is 4.74 Å². The molecule has 0 radical (unpaired) electrons. The summed E-state index contributed by atoms with van der Waals surface area (Å²) in [4.78, 5) is 25.1. The summed E-state index contributed by atoms with van der Waals surface area (Å²) in [5, 5.41) is 11.1. The summed E-state index contributed by atoms with van der Waals surface area (Å²) in [5.41, 5.74) is 4.67. The zero-order valence-electron chi connectivity index (χ0n) is 14.6. The van der Waals surface area contributed by atoms with Gasteiger partial charge in [0, 0.05) is 30.4 Å². The van der Waals surface area contributed by atoms with Crippen molar-refractivity contribution in [2.24, 2.45) is 5.92 Å². The van der Waals surface area contributed by atoms with Crippen LogP contribution in [0.25, 0.3) is 11.1 Å². The van der Waals surface area contributed by atoms with Crippen LogP contribution >= 0.6 is 0 Å². The second kappa shape index (κ2) is 6.48. The topological polar surface area (TPSA) is 69.7 Å². The van der Waals surface area contributed by atoms with Gasteiger partial charge in [0.1, 0.15) is 6.61 Å². The smallest absolute Gasteiger partial charge is 0.410 e. The average Bonchev–Trinajstić information content (AvgIpc) is 3.18. The van der Waals surface area contributed by atoms with Crippen LogP contribution in [0, 0.1) is 5.92 Å². The molecular weight excluding hydrogens is 330 g/mol. The lowest BCUT2D eigenvalue weighted by Crippen LogP contribution is -2.42. The van der Waals surface area contributed by atoms with Crippen LogP contribution in [0.3, 0.4) is 0 Å². The van der Waals surface area contributed by atoms with E-state index in [0.29, 0.717) is 13.0 Å². The third-order valence-electron chi connectivity index (χ3n) is 5.63. The molecule has 2 atom stereocenters. The minimum atomic E-state index is -1.11. The second-order valence-corrected chi connectivity index (χ2v) is 6.95. The number of carboxylic acid groups (broad SMARTS) is 1. The Morgan fingerprint density at radius 3 is 2.19 bits per heavy atom. The standard InChI is InChI=1S/C21H21NO4/c1-13-14(20(23)24)10-11-22(13)21(25)26-12-19-17-8-4-2-6-15(17)16-7-3-5-9-18(16)19/h2-9,13-14,19H,10-12H2,1H3,(H,23,24)/p-1. The van der Waals surface area contributed by atoms with Gasteiger partial charge >= 0.3 is 6.09 Å². The molecule has 2 aliphatic rings. The third kappa shape index (κ3) is 2.64. The average molecular weight is 350 g/mol. The number of ether oxygens (including phenoxy) is 1. The molecule has 0 spiro atoms. The summed E-state index contributed by atoms with van der Waals surface area (Å²) in [7, 11) is 0. The fraction of sp³-hybridized carbons (Fsp3) is 0.333. The number of benzene rings is 2. The van der Waals surface area contributed by atoms with Gasteiger partial charge in [0.05, 0.1) is 0 Å². The van der Waals surface area contributed by atoms with Crippen molar-refractivity contribution in [2.75, 3.05) is 13.2 Å². The summed E-state index contributed by atoms with van der Waals surface area (Å²) >= 11 is 0. The van der Waals surface area contributed by atoms with E-state index in [-0.39, 0.29) is 12.5 Å². The fourth-order valence-corrected chi connectivity index (χ4v) is 4.19. The lowest BCUT2D eigenvalue weighted by Gasteiger charge is -2.25. The number of likely N-dealkylation sites (tertiary alicyclic amines) is 1.